The lowest BCUT2D eigenvalue weighted by molar-refractivity contribution is -0.136. The van der Waals surface area contributed by atoms with Crippen molar-refractivity contribution in [2.24, 2.45) is 5.92 Å². The number of amides is 1. The van der Waals surface area contributed by atoms with E-state index in [1.807, 2.05) is 55.3 Å². The second-order valence-electron chi connectivity index (χ2n) is 7.59. The highest BCUT2D eigenvalue weighted by Crippen LogP contribution is 2.24. The van der Waals surface area contributed by atoms with E-state index in [-0.39, 0.29) is 42.7 Å². The maximum absolute atomic E-state index is 12.1. The van der Waals surface area contributed by atoms with Crippen molar-refractivity contribution in [3.05, 3.63) is 54.9 Å². The monoisotopic (exact) mass is 447 g/mol. The molecule has 0 atom stereocenters. The van der Waals surface area contributed by atoms with Crippen LogP contribution in [0.5, 0.6) is 5.75 Å². The van der Waals surface area contributed by atoms with Crippen molar-refractivity contribution >= 4 is 41.6 Å². The van der Waals surface area contributed by atoms with Crippen LogP contribution in [0.3, 0.4) is 0 Å². The molecule has 0 saturated carbocycles. The number of hydrogen-bond acceptors (Lipinski definition) is 4. The number of para-hydroxylation sites is 1. The molecule has 3 aromatic rings. The van der Waals surface area contributed by atoms with Crippen molar-refractivity contribution in [2.75, 3.05) is 13.1 Å². The molecule has 1 amide bonds. The Morgan fingerprint density at radius 2 is 1.77 bits per heavy atom. The Morgan fingerprint density at radius 3 is 2.43 bits per heavy atom. The molecule has 160 valence electrons. The van der Waals surface area contributed by atoms with Gasteiger partial charge >= 0.3 is 0 Å². The zero-order chi connectivity index (χ0) is 19.5. The van der Waals surface area contributed by atoms with Crippen LogP contribution in [0.2, 0.25) is 0 Å². The summed E-state index contributed by atoms with van der Waals surface area (Å²) in [6.45, 7) is 5.41. The molecule has 0 radical (unpaired) electrons. The van der Waals surface area contributed by atoms with Gasteiger partial charge in [0, 0.05) is 49.0 Å². The molecule has 1 saturated heterocycles. The SMILES string of the molecule is CC(C)C(=O)N1CCC(Oc2ccc(-c3cnc4ccccc4c3)nc2)CC1.Cl.Cl. The fraction of sp³-hybridized carbons (Fsp3) is 0.348. The first-order valence-corrected chi connectivity index (χ1v) is 9.87. The highest BCUT2D eigenvalue weighted by molar-refractivity contribution is 5.85. The Bertz CT molecular complexity index is 972. The molecule has 3 heterocycles. The topological polar surface area (TPSA) is 55.3 Å². The van der Waals surface area contributed by atoms with E-state index < -0.39 is 0 Å². The minimum absolute atomic E-state index is 0. The molecule has 0 spiro atoms. The van der Waals surface area contributed by atoms with Gasteiger partial charge in [-0.25, -0.2) is 0 Å². The summed E-state index contributed by atoms with van der Waals surface area (Å²) >= 11 is 0. The van der Waals surface area contributed by atoms with Gasteiger partial charge in [0.05, 0.1) is 17.4 Å². The highest BCUT2D eigenvalue weighted by atomic mass is 35.5. The molecule has 4 rings (SSSR count). The number of fused-ring (bicyclic) bond motifs is 1. The second kappa shape index (κ2) is 10.6. The van der Waals surface area contributed by atoms with Crippen LogP contribution in [0.4, 0.5) is 0 Å². The number of carbonyl (C=O) groups excluding carboxylic acids is 1. The smallest absolute Gasteiger partial charge is 0.225 e. The molecule has 0 unspecified atom stereocenters. The summed E-state index contributed by atoms with van der Waals surface area (Å²) in [5.41, 5.74) is 2.85. The van der Waals surface area contributed by atoms with Gasteiger partial charge in [-0.15, -0.1) is 24.8 Å². The highest BCUT2D eigenvalue weighted by Gasteiger charge is 2.25. The summed E-state index contributed by atoms with van der Waals surface area (Å²) in [5.74, 6) is 1.05. The summed E-state index contributed by atoms with van der Waals surface area (Å²) in [7, 11) is 0. The molecule has 1 aromatic carbocycles. The van der Waals surface area contributed by atoms with Crippen LogP contribution in [0.1, 0.15) is 26.7 Å². The molecular formula is C23H27Cl2N3O2. The fourth-order valence-corrected chi connectivity index (χ4v) is 3.58. The minimum Gasteiger partial charge on any atom is -0.489 e. The molecule has 2 aromatic heterocycles. The largest absolute Gasteiger partial charge is 0.489 e. The lowest BCUT2D eigenvalue weighted by atomic mass is 10.1. The van der Waals surface area contributed by atoms with Crippen molar-refractivity contribution in [1.82, 2.24) is 14.9 Å². The number of aromatic nitrogens is 2. The molecule has 7 heteroatoms. The molecule has 1 aliphatic rings. The van der Waals surface area contributed by atoms with E-state index in [4.69, 9.17) is 4.74 Å². The van der Waals surface area contributed by atoms with E-state index in [2.05, 4.69) is 22.1 Å². The van der Waals surface area contributed by atoms with E-state index in [0.29, 0.717) is 0 Å². The Morgan fingerprint density at radius 1 is 1.03 bits per heavy atom. The number of likely N-dealkylation sites (tertiary alicyclic amines) is 1. The van der Waals surface area contributed by atoms with Crippen LogP contribution in [0.25, 0.3) is 22.2 Å². The van der Waals surface area contributed by atoms with Crippen LogP contribution in [-0.2, 0) is 4.79 Å². The Hall–Kier alpha value is -2.37. The Kier molecular flexibility index (Phi) is 8.44. The number of benzene rings is 1. The molecule has 5 nitrogen and oxygen atoms in total. The number of halogens is 2. The number of ether oxygens (including phenoxy) is 1. The molecule has 0 bridgehead atoms. The summed E-state index contributed by atoms with van der Waals surface area (Å²) in [4.78, 5) is 23.1. The number of rotatable bonds is 4. The summed E-state index contributed by atoms with van der Waals surface area (Å²) in [6.07, 6.45) is 5.47. The normalized spacial score (nSPS) is 14.2. The first kappa shape index (κ1) is 23.9. The van der Waals surface area contributed by atoms with Gasteiger partial charge in [0.15, 0.2) is 0 Å². The molecule has 0 N–H and O–H groups in total. The second-order valence-corrected chi connectivity index (χ2v) is 7.59. The van der Waals surface area contributed by atoms with E-state index in [9.17, 15) is 4.79 Å². The van der Waals surface area contributed by atoms with Crippen LogP contribution in [-0.4, -0.2) is 40.0 Å². The number of piperidine rings is 1. The van der Waals surface area contributed by atoms with Gasteiger partial charge < -0.3 is 9.64 Å². The third-order valence-corrected chi connectivity index (χ3v) is 5.17. The first-order valence-electron chi connectivity index (χ1n) is 9.87. The van der Waals surface area contributed by atoms with Gasteiger partial charge in [-0.05, 0) is 24.3 Å². The van der Waals surface area contributed by atoms with Gasteiger partial charge in [0.1, 0.15) is 11.9 Å². The minimum atomic E-state index is 0. The van der Waals surface area contributed by atoms with Gasteiger partial charge in [-0.2, -0.15) is 0 Å². The molecule has 1 fully saturated rings. The van der Waals surface area contributed by atoms with Gasteiger partial charge in [0.2, 0.25) is 5.91 Å². The average molecular weight is 448 g/mol. The molecule has 1 aliphatic heterocycles. The van der Waals surface area contributed by atoms with Gasteiger partial charge in [0.25, 0.3) is 0 Å². The Labute approximate surface area is 189 Å². The predicted molar refractivity (Wildman–Crippen MR) is 125 cm³/mol. The third kappa shape index (κ3) is 5.41. The van der Waals surface area contributed by atoms with Gasteiger partial charge in [-0.1, -0.05) is 32.0 Å². The maximum Gasteiger partial charge on any atom is 0.225 e. The predicted octanol–water partition coefficient (Wildman–Crippen LogP) is 5.17. The standard InChI is InChI=1S/C23H25N3O2.2ClH/c1-16(2)23(27)26-11-9-19(10-12-26)28-20-7-8-22(25-15-20)18-13-17-5-3-4-6-21(17)24-14-18;;/h3-8,13-16,19H,9-12H2,1-2H3;2*1H. The number of pyridine rings is 2. The lowest BCUT2D eigenvalue weighted by Crippen LogP contribution is -2.43. The van der Waals surface area contributed by atoms with Crippen molar-refractivity contribution in [3.63, 3.8) is 0 Å². The lowest BCUT2D eigenvalue weighted by Gasteiger charge is -2.33. The third-order valence-electron chi connectivity index (χ3n) is 5.17. The van der Waals surface area contributed by atoms with Crippen LogP contribution < -0.4 is 4.74 Å². The van der Waals surface area contributed by atoms with Crippen LogP contribution >= 0.6 is 24.8 Å². The van der Waals surface area contributed by atoms with Crippen molar-refractivity contribution in [3.8, 4) is 17.0 Å². The zero-order valence-electron chi connectivity index (χ0n) is 17.2. The van der Waals surface area contributed by atoms with E-state index in [1.54, 1.807) is 6.20 Å². The zero-order valence-corrected chi connectivity index (χ0v) is 18.8. The van der Waals surface area contributed by atoms with Crippen molar-refractivity contribution < 1.29 is 9.53 Å². The number of hydrogen-bond donors (Lipinski definition) is 0. The van der Waals surface area contributed by atoms with Crippen molar-refractivity contribution in [2.45, 2.75) is 32.8 Å². The van der Waals surface area contributed by atoms with Crippen molar-refractivity contribution in [1.29, 1.82) is 0 Å². The van der Waals surface area contributed by atoms with E-state index in [0.717, 1.165) is 53.8 Å². The van der Waals surface area contributed by atoms with E-state index in [1.165, 1.54) is 0 Å². The number of nitrogens with zero attached hydrogens (tertiary/aromatic N) is 3. The summed E-state index contributed by atoms with van der Waals surface area (Å²) in [5, 5.41) is 1.10. The van der Waals surface area contributed by atoms with Gasteiger partial charge in [-0.3, -0.25) is 14.8 Å². The first-order chi connectivity index (χ1) is 13.6. The average Bonchev–Trinajstić information content (AvgIpc) is 2.74. The molecule has 0 aliphatic carbocycles. The molecular weight excluding hydrogens is 421 g/mol. The maximum atomic E-state index is 12.1. The quantitative estimate of drug-likeness (QED) is 0.553. The fourth-order valence-electron chi connectivity index (χ4n) is 3.58. The molecule has 30 heavy (non-hydrogen) atoms. The van der Waals surface area contributed by atoms with Crippen LogP contribution in [0.15, 0.2) is 54.9 Å². The van der Waals surface area contributed by atoms with E-state index >= 15 is 0 Å². The summed E-state index contributed by atoms with van der Waals surface area (Å²) < 4.78 is 6.09. The number of carbonyl (C=O) groups is 1. The van der Waals surface area contributed by atoms with Crippen LogP contribution in [0, 0.1) is 5.92 Å². The Balaban J connectivity index is 0.00000160. The summed E-state index contributed by atoms with van der Waals surface area (Å²) in [6, 6.07) is 14.1.